The molecule has 1 saturated heterocycles. The van der Waals surface area contributed by atoms with Gasteiger partial charge in [0.2, 0.25) is 0 Å². The van der Waals surface area contributed by atoms with Crippen LogP contribution in [0.4, 0.5) is 10.5 Å². The minimum atomic E-state index is -1.30. The molecule has 162 valence electrons. The Kier molecular flexibility index (Phi) is 5.31. The first-order valence-electron chi connectivity index (χ1n) is 10.3. The summed E-state index contributed by atoms with van der Waals surface area (Å²) >= 11 is 0. The topological polar surface area (TPSA) is 91.0 Å². The zero-order chi connectivity index (χ0) is 22.2. The number of anilines is 1. The van der Waals surface area contributed by atoms with Crippen molar-refractivity contribution in [2.45, 2.75) is 31.7 Å². The van der Waals surface area contributed by atoms with Crippen LogP contribution in [0.3, 0.4) is 0 Å². The van der Waals surface area contributed by atoms with Crippen LogP contribution in [0.5, 0.6) is 5.75 Å². The van der Waals surface area contributed by atoms with Gasteiger partial charge in [-0.15, -0.1) is 0 Å². The van der Waals surface area contributed by atoms with E-state index in [1.165, 1.54) is 12.7 Å². The van der Waals surface area contributed by atoms with Gasteiger partial charge in [-0.3, -0.25) is 15.0 Å². The zero-order valence-corrected chi connectivity index (χ0v) is 17.8. The highest BCUT2D eigenvalue weighted by Gasteiger charge is 2.50. The molecule has 0 radical (unpaired) electrons. The third kappa shape index (κ3) is 3.69. The molecule has 8 nitrogen and oxygen atoms in total. The van der Waals surface area contributed by atoms with Crippen LogP contribution in [0.15, 0.2) is 48.5 Å². The Morgan fingerprint density at radius 1 is 1.23 bits per heavy atom. The van der Waals surface area contributed by atoms with Crippen molar-refractivity contribution in [3.63, 3.8) is 0 Å². The van der Waals surface area contributed by atoms with E-state index in [1.807, 2.05) is 23.1 Å². The van der Waals surface area contributed by atoms with E-state index in [0.29, 0.717) is 17.2 Å². The number of hydrazine groups is 1. The van der Waals surface area contributed by atoms with Crippen LogP contribution < -0.4 is 20.4 Å². The predicted molar refractivity (Wildman–Crippen MR) is 116 cm³/mol. The molecule has 8 heteroatoms. The second-order valence-electron chi connectivity index (χ2n) is 8.13. The van der Waals surface area contributed by atoms with Crippen LogP contribution in [-0.2, 0) is 15.1 Å². The summed E-state index contributed by atoms with van der Waals surface area (Å²) in [7, 11) is 1.53. The molecule has 0 saturated carbocycles. The molecule has 2 aromatic rings. The first kappa shape index (κ1) is 20.7. The molecule has 2 aliphatic rings. The monoisotopic (exact) mass is 422 g/mol. The van der Waals surface area contributed by atoms with Gasteiger partial charge in [0.25, 0.3) is 11.8 Å². The summed E-state index contributed by atoms with van der Waals surface area (Å²) in [5, 5.41) is 3.45. The van der Waals surface area contributed by atoms with E-state index in [2.05, 4.69) is 23.7 Å². The second kappa shape index (κ2) is 7.94. The van der Waals surface area contributed by atoms with Crippen LogP contribution in [0.1, 0.15) is 37.3 Å². The van der Waals surface area contributed by atoms with E-state index in [4.69, 9.17) is 4.74 Å². The summed E-state index contributed by atoms with van der Waals surface area (Å²) in [6.45, 7) is 4.56. The molecular formula is C23H26N4O4. The molecule has 1 fully saturated rings. The van der Waals surface area contributed by atoms with Gasteiger partial charge in [-0.1, -0.05) is 37.3 Å². The van der Waals surface area contributed by atoms with Crippen molar-refractivity contribution in [1.82, 2.24) is 15.8 Å². The number of urea groups is 1. The maximum Gasteiger partial charge on any atom is 0.344 e. The van der Waals surface area contributed by atoms with Crippen LogP contribution in [0, 0.1) is 0 Å². The Hall–Kier alpha value is -3.55. The average Bonchev–Trinajstić information content (AvgIpc) is 3.00. The van der Waals surface area contributed by atoms with Crippen molar-refractivity contribution in [1.29, 1.82) is 0 Å². The maximum absolute atomic E-state index is 13.1. The summed E-state index contributed by atoms with van der Waals surface area (Å²) in [6, 6.07) is 14.3. The van der Waals surface area contributed by atoms with Crippen LogP contribution >= 0.6 is 0 Å². The lowest BCUT2D eigenvalue weighted by atomic mass is 9.91. The van der Waals surface area contributed by atoms with Crippen LogP contribution in [0.2, 0.25) is 0 Å². The van der Waals surface area contributed by atoms with Gasteiger partial charge in [-0.25, -0.2) is 4.79 Å². The molecule has 2 unspecified atom stereocenters. The van der Waals surface area contributed by atoms with Gasteiger partial charge < -0.3 is 15.0 Å². The Labute approximate surface area is 181 Å². The molecule has 0 aromatic heterocycles. The predicted octanol–water partition coefficient (Wildman–Crippen LogP) is 2.51. The highest BCUT2D eigenvalue weighted by Crippen LogP contribution is 2.34. The number of hydrogen-bond donors (Lipinski definition) is 2. The first-order chi connectivity index (χ1) is 14.8. The van der Waals surface area contributed by atoms with E-state index < -0.39 is 23.4 Å². The molecule has 2 aliphatic heterocycles. The smallest absolute Gasteiger partial charge is 0.344 e. The average molecular weight is 422 g/mol. The van der Waals surface area contributed by atoms with Crippen LogP contribution in [0.25, 0.3) is 0 Å². The fourth-order valence-corrected chi connectivity index (χ4v) is 4.19. The minimum absolute atomic E-state index is 0.0522. The van der Waals surface area contributed by atoms with Crippen LogP contribution in [-0.4, -0.2) is 43.1 Å². The normalized spacial score (nSPS) is 22.7. The molecule has 2 aromatic carbocycles. The van der Waals surface area contributed by atoms with Gasteiger partial charge in [-0.2, -0.15) is 5.01 Å². The lowest BCUT2D eigenvalue weighted by molar-refractivity contribution is -0.138. The minimum Gasteiger partial charge on any atom is -0.497 e. The van der Waals surface area contributed by atoms with Crippen molar-refractivity contribution >= 4 is 23.5 Å². The van der Waals surface area contributed by atoms with Crippen molar-refractivity contribution in [3.05, 3.63) is 59.7 Å². The number of para-hydroxylation sites is 1. The van der Waals surface area contributed by atoms with Gasteiger partial charge in [0.05, 0.1) is 13.7 Å². The zero-order valence-electron chi connectivity index (χ0n) is 17.8. The number of carbonyl (C=O) groups excluding carboxylic acids is 3. The molecular weight excluding hydrogens is 396 g/mol. The molecule has 0 spiro atoms. The molecule has 2 heterocycles. The number of ether oxygens (including phenoxy) is 1. The summed E-state index contributed by atoms with van der Waals surface area (Å²) < 4.78 is 5.22. The Morgan fingerprint density at radius 2 is 2.00 bits per heavy atom. The number of rotatable bonds is 5. The van der Waals surface area contributed by atoms with Gasteiger partial charge in [-0.05, 0) is 48.6 Å². The third-order valence-electron chi connectivity index (χ3n) is 6.05. The van der Waals surface area contributed by atoms with E-state index in [9.17, 15) is 14.4 Å². The first-order valence-corrected chi connectivity index (χ1v) is 10.3. The van der Waals surface area contributed by atoms with Gasteiger partial charge in [0.1, 0.15) is 11.3 Å². The molecule has 2 N–H and O–H groups in total. The molecule has 0 aliphatic carbocycles. The Morgan fingerprint density at radius 3 is 2.77 bits per heavy atom. The number of hydrogen-bond acceptors (Lipinski definition) is 5. The number of benzene rings is 2. The number of fused-ring (bicyclic) bond motifs is 1. The molecule has 4 rings (SSSR count). The second-order valence-corrected chi connectivity index (χ2v) is 8.13. The Bertz CT molecular complexity index is 1040. The van der Waals surface area contributed by atoms with Crippen molar-refractivity contribution in [2.24, 2.45) is 0 Å². The van der Waals surface area contributed by atoms with Crippen molar-refractivity contribution in [3.8, 4) is 5.75 Å². The number of methoxy groups -OCH3 is 1. The lowest BCUT2D eigenvalue weighted by Gasteiger charge is -2.34. The standard InChI is InChI=1S/C23H26N4O4/c1-15-11-12-26(19-10-5-4-9-18(15)19)14-20(28)25-27-21(29)23(2,24-22(27)30)16-7-6-8-17(13-16)31-3/h4-10,13,15H,11-12,14H2,1-3H3,(H,24,30)(H,25,28). The summed E-state index contributed by atoms with van der Waals surface area (Å²) in [6.07, 6.45) is 0.932. The molecule has 4 amide bonds. The van der Waals surface area contributed by atoms with Gasteiger partial charge >= 0.3 is 6.03 Å². The number of nitrogens with zero attached hydrogens (tertiary/aromatic N) is 2. The number of nitrogens with one attached hydrogen (secondary N) is 2. The van der Waals surface area contributed by atoms with Gasteiger partial charge in [0.15, 0.2) is 0 Å². The fraction of sp³-hybridized carbons (Fsp3) is 0.348. The number of imide groups is 1. The van der Waals surface area contributed by atoms with E-state index in [-0.39, 0.29) is 6.54 Å². The highest BCUT2D eigenvalue weighted by atomic mass is 16.5. The quantitative estimate of drug-likeness (QED) is 0.723. The summed E-state index contributed by atoms with van der Waals surface area (Å²) in [5.41, 5.74) is 3.96. The maximum atomic E-state index is 13.1. The van der Waals surface area contributed by atoms with E-state index in [0.717, 1.165) is 23.7 Å². The third-order valence-corrected chi connectivity index (χ3v) is 6.05. The van der Waals surface area contributed by atoms with Crippen molar-refractivity contribution in [2.75, 3.05) is 25.1 Å². The number of carbonyl (C=O) groups is 3. The molecule has 0 bridgehead atoms. The SMILES string of the molecule is COc1cccc(C2(C)NC(=O)N(NC(=O)CN3CCC(C)c4ccccc43)C2=O)c1. The number of amides is 4. The highest BCUT2D eigenvalue weighted by molar-refractivity contribution is 6.08. The summed E-state index contributed by atoms with van der Waals surface area (Å²) in [5.74, 6) is 0.0146. The Balaban J connectivity index is 1.48. The van der Waals surface area contributed by atoms with E-state index in [1.54, 1.807) is 31.2 Å². The van der Waals surface area contributed by atoms with Gasteiger partial charge in [0, 0.05) is 12.2 Å². The largest absolute Gasteiger partial charge is 0.497 e. The molecule has 2 atom stereocenters. The lowest BCUT2D eigenvalue weighted by Crippen LogP contribution is -2.51. The van der Waals surface area contributed by atoms with Crippen molar-refractivity contribution < 1.29 is 19.1 Å². The fourth-order valence-electron chi connectivity index (χ4n) is 4.19. The summed E-state index contributed by atoms with van der Waals surface area (Å²) in [4.78, 5) is 40.3. The molecule has 31 heavy (non-hydrogen) atoms. The van der Waals surface area contributed by atoms with E-state index >= 15 is 0 Å².